The molecule has 148 valence electrons. The molecule has 1 amide bonds. The highest BCUT2D eigenvalue weighted by molar-refractivity contribution is 5.87. The van der Waals surface area contributed by atoms with Gasteiger partial charge >= 0.3 is 18.0 Å². The SMILES string of the molecule is COC(=O)C1CC(c2ccccc2)CC(C(=O)OC)N1C(=O)OC(C)(C)C. The molecular weight excluding hydrogens is 350 g/mol. The van der Waals surface area contributed by atoms with Crippen molar-refractivity contribution in [3.8, 4) is 0 Å². The van der Waals surface area contributed by atoms with Crippen LogP contribution in [0.15, 0.2) is 30.3 Å². The Labute approximate surface area is 159 Å². The second-order valence-corrected chi connectivity index (χ2v) is 7.54. The molecule has 0 aromatic heterocycles. The summed E-state index contributed by atoms with van der Waals surface area (Å²) in [5.74, 6) is -1.27. The molecule has 7 heteroatoms. The summed E-state index contributed by atoms with van der Waals surface area (Å²) in [6.45, 7) is 5.17. The molecule has 1 aromatic carbocycles. The number of benzene rings is 1. The van der Waals surface area contributed by atoms with Crippen molar-refractivity contribution < 1.29 is 28.6 Å². The van der Waals surface area contributed by atoms with Crippen molar-refractivity contribution in [1.29, 1.82) is 0 Å². The number of esters is 2. The van der Waals surface area contributed by atoms with E-state index in [1.54, 1.807) is 20.8 Å². The monoisotopic (exact) mass is 377 g/mol. The zero-order chi connectivity index (χ0) is 20.2. The second-order valence-electron chi connectivity index (χ2n) is 7.54. The molecule has 0 saturated carbocycles. The third-order valence-corrected chi connectivity index (χ3v) is 4.51. The zero-order valence-corrected chi connectivity index (χ0v) is 16.4. The largest absolute Gasteiger partial charge is 0.467 e. The van der Waals surface area contributed by atoms with Crippen molar-refractivity contribution in [2.75, 3.05) is 14.2 Å². The molecule has 7 nitrogen and oxygen atoms in total. The molecule has 0 N–H and O–H groups in total. The first-order valence-corrected chi connectivity index (χ1v) is 8.90. The van der Waals surface area contributed by atoms with Crippen molar-refractivity contribution in [3.05, 3.63) is 35.9 Å². The molecule has 2 rings (SSSR count). The van der Waals surface area contributed by atoms with E-state index in [9.17, 15) is 14.4 Å². The molecule has 2 atom stereocenters. The number of amides is 1. The lowest BCUT2D eigenvalue weighted by Gasteiger charge is -2.42. The van der Waals surface area contributed by atoms with Gasteiger partial charge in [-0.3, -0.25) is 4.90 Å². The average Bonchev–Trinajstić information content (AvgIpc) is 2.64. The van der Waals surface area contributed by atoms with E-state index in [-0.39, 0.29) is 5.92 Å². The molecule has 0 aliphatic carbocycles. The highest BCUT2D eigenvalue weighted by atomic mass is 16.6. The van der Waals surface area contributed by atoms with Crippen molar-refractivity contribution in [2.45, 2.75) is 57.2 Å². The lowest BCUT2D eigenvalue weighted by atomic mass is 9.81. The van der Waals surface area contributed by atoms with E-state index in [2.05, 4.69) is 0 Å². The Kier molecular flexibility index (Phi) is 6.46. The molecule has 1 saturated heterocycles. The average molecular weight is 377 g/mol. The summed E-state index contributed by atoms with van der Waals surface area (Å²) in [6, 6.07) is 7.70. The fourth-order valence-corrected chi connectivity index (χ4v) is 3.34. The van der Waals surface area contributed by atoms with Crippen molar-refractivity contribution in [1.82, 2.24) is 4.90 Å². The van der Waals surface area contributed by atoms with Gasteiger partial charge in [0, 0.05) is 0 Å². The fourth-order valence-electron chi connectivity index (χ4n) is 3.34. The van der Waals surface area contributed by atoms with Crippen LogP contribution in [0, 0.1) is 0 Å². The number of carbonyl (C=O) groups excluding carboxylic acids is 3. The maximum Gasteiger partial charge on any atom is 0.411 e. The van der Waals surface area contributed by atoms with Crippen molar-refractivity contribution >= 4 is 18.0 Å². The Hall–Kier alpha value is -2.57. The quantitative estimate of drug-likeness (QED) is 0.595. The minimum absolute atomic E-state index is 0.0990. The summed E-state index contributed by atoms with van der Waals surface area (Å²) in [4.78, 5) is 38.9. The number of hydrogen-bond donors (Lipinski definition) is 0. The van der Waals surface area contributed by atoms with E-state index in [0.29, 0.717) is 12.8 Å². The standard InChI is InChI=1S/C20H27NO6/c1-20(2,3)27-19(24)21-15(17(22)25-4)11-14(12-16(21)18(23)26-5)13-9-7-6-8-10-13/h6-10,14-16H,11-12H2,1-5H3. The number of methoxy groups -OCH3 is 2. The molecule has 1 aliphatic rings. The summed E-state index contributed by atoms with van der Waals surface area (Å²) < 4.78 is 15.3. The van der Waals surface area contributed by atoms with Gasteiger partial charge < -0.3 is 14.2 Å². The Bertz CT molecular complexity index is 655. The number of carbonyl (C=O) groups is 3. The third kappa shape index (κ3) is 4.99. The lowest BCUT2D eigenvalue weighted by Crippen LogP contribution is -2.59. The highest BCUT2D eigenvalue weighted by Gasteiger charge is 2.47. The van der Waals surface area contributed by atoms with E-state index < -0.39 is 35.7 Å². The predicted octanol–water partition coefficient (Wildman–Crippen LogP) is 2.88. The number of likely N-dealkylation sites (tertiary alicyclic amines) is 1. The zero-order valence-electron chi connectivity index (χ0n) is 16.4. The van der Waals surface area contributed by atoms with Crippen LogP contribution in [0.5, 0.6) is 0 Å². The first-order valence-electron chi connectivity index (χ1n) is 8.90. The van der Waals surface area contributed by atoms with Gasteiger partial charge in [-0.1, -0.05) is 30.3 Å². The molecule has 0 bridgehead atoms. The van der Waals surface area contributed by atoms with Gasteiger partial charge in [-0.05, 0) is 45.1 Å². The Morgan fingerprint density at radius 2 is 1.41 bits per heavy atom. The van der Waals surface area contributed by atoms with Gasteiger partial charge in [-0.2, -0.15) is 0 Å². The van der Waals surface area contributed by atoms with Gasteiger partial charge in [0.1, 0.15) is 17.7 Å². The Balaban J connectivity index is 2.42. The van der Waals surface area contributed by atoms with Crippen LogP contribution < -0.4 is 0 Å². The smallest absolute Gasteiger partial charge is 0.411 e. The number of piperidine rings is 1. The molecule has 1 fully saturated rings. The first kappa shape index (κ1) is 20.7. The van der Waals surface area contributed by atoms with E-state index in [4.69, 9.17) is 14.2 Å². The van der Waals surface area contributed by atoms with Crippen LogP contribution in [0.4, 0.5) is 4.79 Å². The van der Waals surface area contributed by atoms with E-state index >= 15 is 0 Å². The van der Waals surface area contributed by atoms with Crippen LogP contribution in [-0.4, -0.2) is 54.8 Å². The van der Waals surface area contributed by atoms with Gasteiger partial charge in [0.05, 0.1) is 14.2 Å². The third-order valence-electron chi connectivity index (χ3n) is 4.51. The summed E-state index contributed by atoms with van der Waals surface area (Å²) in [5, 5.41) is 0. The number of nitrogens with zero attached hydrogens (tertiary/aromatic N) is 1. The Morgan fingerprint density at radius 1 is 0.926 bits per heavy atom. The van der Waals surface area contributed by atoms with Crippen molar-refractivity contribution in [3.63, 3.8) is 0 Å². The molecule has 0 radical (unpaired) electrons. The van der Waals surface area contributed by atoms with E-state index in [1.165, 1.54) is 19.1 Å². The molecule has 1 aliphatic heterocycles. The van der Waals surface area contributed by atoms with Gasteiger partial charge in [0.25, 0.3) is 0 Å². The van der Waals surface area contributed by atoms with Gasteiger partial charge in [0.15, 0.2) is 0 Å². The predicted molar refractivity (Wildman–Crippen MR) is 98.1 cm³/mol. The molecule has 0 spiro atoms. The number of hydrogen-bond acceptors (Lipinski definition) is 6. The minimum atomic E-state index is -0.937. The van der Waals surface area contributed by atoms with Crippen LogP contribution in [0.3, 0.4) is 0 Å². The van der Waals surface area contributed by atoms with Crippen LogP contribution >= 0.6 is 0 Å². The van der Waals surface area contributed by atoms with Crippen LogP contribution in [0.25, 0.3) is 0 Å². The molecule has 27 heavy (non-hydrogen) atoms. The summed E-state index contributed by atoms with van der Waals surface area (Å²) >= 11 is 0. The molecule has 2 unspecified atom stereocenters. The van der Waals surface area contributed by atoms with Crippen molar-refractivity contribution in [2.24, 2.45) is 0 Å². The van der Waals surface area contributed by atoms with Crippen LogP contribution in [-0.2, 0) is 23.8 Å². The molecular formula is C20H27NO6. The topological polar surface area (TPSA) is 82.1 Å². The minimum Gasteiger partial charge on any atom is -0.467 e. The Morgan fingerprint density at radius 3 is 1.81 bits per heavy atom. The second kappa shape index (κ2) is 8.41. The van der Waals surface area contributed by atoms with Crippen LogP contribution in [0.1, 0.15) is 45.1 Å². The first-order chi connectivity index (χ1) is 12.7. The summed E-state index contributed by atoms with van der Waals surface area (Å²) in [5.41, 5.74) is 0.221. The summed E-state index contributed by atoms with van der Waals surface area (Å²) in [7, 11) is 2.52. The fraction of sp³-hybridized carbons (Fsp3) is 0.550. The summed E-state index contributed by atoms with van der Waals surface area (Å²) in [6.07, 6.45) is -0.0628. The van der Waals surface area contributed by atoms with Crippen LogP contribution in [0.2, 0.25) is 0 Å². The van der Waals surface area contributed by atoms with Gasteiger partial charge in [-0.15, -0.1) is 0 Å². The maximum absolute atomic E-state index is 12.8. The number of rotatable bonds is 3. The molecule has 1 aromatic rings. The van der Waals surface area contributed by atoms with Gasteiger partial charge in [-0.25, -0.2) is 14.4 Å². The lowest BCUT2D eigenvalue weighted by molar-refractivity contribution is -0.157. The van der Waals surface area contributed by atoms with E-state index in [1.807, 2.05) is 30.3 Å². The van der Waals surface area contributed by atoms with Gasteiger partial charge in [0.2, 0.25) is 0 Å². The van der Waals surface area contributed by atoms with E-state index in [0.717, 1.165) is 5.56 Å². The normalized spacial score (nSPS) is 22.7. The maximum atomic E-state index is 12.8. The number of ether oxygens (including phenoxy) is 3. The highest BCUT2D eigenvalue weighted by Crippen LogP contribution is 2.37. The molecule has 1 heterocycles.